The standard InChI is InChI=1S/C32H46N2O8/c1-23-12-13-25(21-24(23)2)11-7-5-10-20-41-29(30(32(38)39)42-22-28(35)36)31(37)34(3)19-9-6-8-18-33-26-14-16-27(40-4)17-15-26/h12-17,21,29-30,33H,5-11,18-20,22H2,1-4H3,(H,35,36)(H,38,39). The SMILES string of the molecule is COc1ccc(NCCCCCN(C)C(=O)C(OCCCCCc2ccc(C)c(C)c2)C(OCC(=O)O)C(=O)O)cc1. The second-order valence-electron chi connectivity index (χ2n) is 10.5. The highest BCUT2D eigenvalue weighted by Crippen LogP contribution is 2.16. The number of rotatable bonds is 21. The van der Waals surface area contributed by atoms with Crippen LogP contribution in [0, 0.1) is 13.8 Å². The van der Waals surface area contributed by atoms with Crippen LogP contribution in [0.15, 0.2) is 42.5 Å². The van der Waals surface area contributed by atoms with Crippen molar-refractivity contribution in [1.82, 2.24) is 4.90 Å². The van der Waals surface area contributed by atoms with E-state index in [1.54, 1.807) is 14.2 Å². The summed E-state index contributed by atoms with van der Waals surface area (Å²) in [6.45, 7) is 4.66. The topological polar surface area (TPSA) is 135 Å². The zero-order chi connectivity index (χ0) is 30.9. The predicted molar refractivity (Wildman–Crippen MR) is 161 cm³/mol. The number of amides is 1. The number of carboxylic acids is 2. The molecule has 2 atom stereocenters. The van der Waals surface area contributed by atoms with Crippen LogP contribution < -0.4 is 10.1 Å². The number of anilines is 1. The van der Waals surface area contributed by atoms with Crippen molar-refractivity contribution in [2.45, 2.75) is 71.0 Å². The summed E-state index contributed by atoms with van der Waals surface area (Å²) in [5.41, 5.74) is 4.77. The summed E-state index contributed by atoms with van der Waals surface area (Å²) < 4.78 is 16.0. The first kappa shape index (κ1) is 34.6. The van der Waals surface area contributed by atoms with Crippen LogP contribution in [0.1, 0.15) is 55.2 Å². The first-order chi connectivity index (χ1) is 20.1. The molecule has 0 saturated heterocycles. The van der Waals surface area contributed by atoms with Crippen molar-refractivity contribution in [3.05, 3.63) is 59.2 Å². The molecule has 0 radical (unpaired) electrons. The van der Waals surface area contributed by atoms with Crippen molar-refractivity contribution >= 4 is 23.5 Å². The lowest BCUT2D eigenvalue weighted by Crippen LogP contribution is -2.50. The smallest absolute Gasteiger partial charge is 0.336 e. The van der Waals surface area contributed by atoms with Crippen LogP contribution in [0.25, 0.3) is 0 Å². The summed E-state index contributed by atoms with van der Waals surface area (Å²) in [6.07, 6.45) is 2.60. The molecule has 42 heavy (non-hydrogen) atoms. The van der Waals surface area contributed by atoms with Gasteiger partial charge in [0.15, 0.2) is 12.2 Å². The van der Waals surface area contributed by atoms with E-state index in [0.29, 0.717) is 19.4 Å². The number of carboxylic acid groups (broad SMARTS) is 2. The molecule has 0 bridgehead atoms. The molecule has 0 aliphatic carbocycles. The number of nitrogens with one attached hydrogen (secondary N) is 1. The van der Waals surface area contributed by atoms with Gasteiger partial charge in [-0.2, -0.15) is 0 Å². The minimum absolute atomic E-state index is 0.161. The molecule has 0 heterocycles. The molecule has 0 fully saturated rings. The zero-order valence-electron chi connectivity index (χ0n) is 25.3. The molecule has 3 N–H and O–H groups in total. The Morgan fingerprint density at radius 3 is 2.21 bits per heavy atom. The molecule has 0 saturated carbocycles. The Bertz CT molecular complexity index is 1120. The van der Waals surface area contributed by atoms with Gasteiger partial charge < -0.3 is 34.6 Å². The van der Waals surface area contributed by atoms with Crippen molar-refractivity contribution in [2.75, 3.05) is 45.8 Å². The van der Waals surface area contributed by atoms with E-state index in [0.717, 1.165) is 50.1 Å². The second-order valence-corrected chi connectivity index (χ2v) is 10.5. The fourth-order valence-corrected chi connectivity index (χ4v) is 4.43. The largest absolute Gasteiger partial charge is 0.497 e. The predicted octanol–water partition coefficient (Wildman–Crippen LogP) is 4.71. The minimum atomic E-state index is -1.72. The molecule has 232 valence electrons. The molecule has 10 heteroatoms. The Balaban J connectivity index is 1.82. The molecule has 2 rings (SSSR count). The van der Waals surface area contributed by atoms with Gasteiger partial charge in [-0.15, -0.1) is 0 Å². The highest BCUT2D eigenvalue weighted by Gasteiger charge is 2.37. The van der Waals surface area contributed by atoms with Gasteiger partial charge in [-0.1, -0.05) is 24.6 Å². The molecular formula is C32H46N2O8. The Morgan fingerprint density at radius 1 is 0.857 bits per heavy atom. The van der Waals surface area contributed by atoms with E-state index in [-0.39, 0.29) is 6.61 Å². The molecule has 0 aliphatic heterocycles. The monoisotopic (exact) mass is 586 g/mol. The number of hydrogen-bond donors (Lipinski definition) is 3. The van der Waals surface area contributed by atoms with Gasteiger partial charge >= 0.3 is 11.9 Å². The van der Waals surface area contributed by atoms with Gasteiger partial charge in [0.25, 0.3) is 5.91 Å². The van der Waals surface area contributed by atoms with Crippen molar-refractivity contribution in [3.8, 4) is 5.75 Å². The van der Waals surface area contributed by atoms with Crippen LogP contribution in [-0.2, 0) is 30.3 Å². The first-order valence-electron chi connectivity index (χ1n) is 14.5. The van der Waals surface area contributed by atoms with E-state index in [2.05, 4.69) is 37.4 Å². The summed E-state index contributed by atoms with van der Waals surface area (Å²) >= 11 is 0. The van der Waals surface area contributed by atoms with E-state index in [4.69, 9.17) is 19.3 Å². The fraction of sp³-hybridized carbons (Fsp3) is 0.531. The van der Waals surface area contributed by atoms with E-state index in [1.807, 2.05) is 24.3 Å². The third-order valence-electron chi connectivity index (χ3n) is 7.09. The van der Waals surface area contributed by atoms with Gasteiger partial charge in [-0.05, 0) is 93.3 Å². The van der Waals surface area contributed by atoms with Gasteiger partial charge in [-0.3, -0.25) is 4.79 Å². The number of hydrogen-bond acceptors (Lipinski definition) is 7. The molecule has 2 aromatic rings. The number of aryl methyl sites for hydroxylation is 3. The maximum atomic E-state index is 13.2. The van der Waals surface area contributed by atoms with Crippen LogP contribution in [0.4, 0.5) is 5.69 Å². The first-order valence-corrected chi connectivity index (χ1v) is 14.5. The number of likely N-dealkylation sites (N-methyl/N-ethyl adjacent to an activating group) is 1. The van der Waals surface area contributed by atoms with Gasteiger partial charge in [0.2, 0.25) is 0 Å². The highest BCUT2D eigenvalue weighted by atomic mass is 16.6. The number of carbonyl (C=O) groups excluding carboxylic acids is 1. The van der Waals surface area contributed by atoms with Crippen molar-refractivity contribution in [1.29, 1.82) is 0 Å². The lowest BCUT2D eigenvalue weighted by Gasteiger charge is -2.27. The molecule has 1 amide bonds. The zero-order valence-corrected chi connectivity index (χ0v) is 25.3. The maximum absolute atomic E-state index is 13.2. The Labute approximate surface area is 249 Å². The minimum Gasteiger partial charge on any atom is -0.497 e. The van der Waals surface area contributed by atoms with Gasteiger partial charge in [0, 0.05) is 32.4 Å². The van der Waals surface area contributed by atoms with E-state index >= 15 is 0 Å². The maximum Gasteiger partial charge on any atom is 0.336 e. The number of aliphatic carboxylic acids is 2. The van der Waals surface area contributed by atoms with Gasteiger partial charge in [0.05, 0.1) is 7.11 Å². The summed E-state index contributed by atoms with van der Waals surface area (Å²) in [4.78, 5) is 37.6. The average Bonchev–Trinajstić information content (AvgIpc) is 2.96. The van der Waals surface area contributed by atoms with Crippen LogP contribution in [-0.4, -0.2) is 85.6 Å². The summed E-state index contributed by atoms with van der Waals surface area (Å²) in [6, 6.07) is 14.1. The Morgan fingerprint density at radius 2 is 1.57 bits per heavy atom. The Kier molecular flexibility index (Phi) is 15.4. The number of methoxy groups -OCH3 is 1. The number of ether oxygens (including phenoxy) is 3. The molecule has 0 aromatic heterocycles. The van der Waals surface area contributed by atoms with Gasteiger partial charge in [-0.25, -0.2) is 9.59 Å². The number of benzene rings is 2. The van der Waals surface area contributed by atoms with Crippen LogP contribution in [0.2, 0.25) is 0 Å². The number of unbranched alkanes of at least 4 members (excludes halogenated alkanes) is 4. The quantitative estimate of drug-likeness (QED) is 0.178. The second kappa shape index (κ2) is 18.7. The van der Waals surface area contributed by atoms with Crippen molar-refractivity contribution < 1.29 is 38.8 Å². The lowest BCUT2D eigenvalue weighted by molar-refractivity contribution is -0.175. The molecule has 2 unspecified atom stereocenters. The third-order valence-corrected chi connectivity index (χ3v) is 7.09. The molecule has 10 nitrogen and oxygen atoms in total. The summed E-state index contributed by atoms with van der Waals surface area (Å²) in [7, 11) is 3.22. The molecular weight excluding hydrogens is 540 g/mol. The van der Waals surface area contributed by atoms with E-state index < -0.39 is 36.7 Å². The summed E-state index contributed by atoms with van der Waals surface area (Å²) in [5, 5.41) is 22.0. The highest BCUT2D eigenvalue weighted by molar-refractivity contribution is 5.88. The van der Waals surface area contributed by atoms with E-state index in [1.165, 1.54) is 21.6 Å². The van der Waals surface area contributed by atoms with Crippen LogP contribution in [0.3, 0.4) is 0 Å². The Hall–Kier alpha value is -3.63. The van der Waals surface area contributed by atoms with E-state index in [9.17, 15) is 19.5 Å². The summed E-state index contributed by atoms with van der Waals surface area (Å²) in [5.74, 6) is -2.51. The van der Waals surface area contributed by atoms with Crippen LogP contribution in [0.5, 0.6) is 5.75 Å². The molecule has 0 aliphatic rings. The van der Waals surface area contributed by atoms with Crippen molar-refractivity contribution in [3.63, 3.8) is 0 Å². The van der Waals surface area contributed by atoms with Gasteiger partial charge in [0.1, 0.15) is 12.4 Å². The average molecular weight is 587 g/mol. The number of nitrogens with zero attached hydrogens (tertiary/aromatic N) is 1. The molecule has 2 aromatic carbocycles. The fourth-order valence-electron chi connectivity index (χ4n) is 4.43. The van der Waals surface area contributed by atoms with Crippen LogP contribution >= 0.6 is 0 Å². The van der Waals surface area contributed by atoms with Crippen molar-refractivity contribution in [2.24, 2.45) is 0 Å². The normalized spacial score (nSPS) is 12.4. The number of carbonyl (C=O) groups is 3. The third kappa shape index (κ3) is 12.5. The molecule has 0 spiro atoms. The lowest BCUT2D eigenvalue weighted by atomic mass is 10.0.